The van der Waals surface area contributed by atoms with Crippen LogP contribution >= 0.6 is 47.8 Å². The van der Waals surface area contributed by atoms with E-state index in [1.54, 1.807) is 0 Å². The molecule has 2 unspecified atom stereocenters. The molecule has 2 atom stereocenters. The van der Waals surface area contributed by atoms with Crippen LogP contribution in [0.15, 0.2) is 0 Å². The maximum Gasteiger partial charge on any atom is 0.320 e. The van der Waals surface area contributed by atoms with Gasteiger partial charge in [-0.25, -0.2) is 0 Å². The van der Waals surface area contributed by atoms with Gasteiger partial charge in [-0.3, -0.25) is 4.79 Å². The minimum atomic E-state index is -0.281. The number of esters is 1. The van der Waals surface area contributed by atoms with Crippen LogP contribution in [-0.2, 0) is 9.53 Å². The summed E-state index contributed by atoms with van der Waals surface area (Å²) in [6.07, 6.45) is 0. The highest BCUT2D eigenvalue weighted by Crippen LogP contribution is 2.17. The second-order valence-corrected chi connectivity index (χ2v) is 4.41. The topological polar surface area (TPSA) is 26.3 Å². The molecule has 0 amide bonds. The van der Waals surface area contributed by atoms with Crippen molar-refractivity contribution in [2.24, 2.45) is 0 Å². The lowest BCUT2D eigenvalue weighted by Gasteiger charge is -2.10. The average Bonchev–Trinajstić information content (AvgIpc) is 2.00. The molecule has 0 spiro atoms. The third-order valence-electron chi connectivity index (χ3n) is 0.891. The summed E-state index contributed by atoms with van der Waals surface area (Å²) in [5.74, 6) is -0.263. The molecule has 0 bridgehead atoms. The first kappa shape index (κ1) is 10.9. The quantitative estimate of drug-likeness (QED) is 0.582. The molecule has 0 heterocycles. The Morgan fingerprint density at radius 2 is 2.10 bits per heavy atom. The van der Waals surface area contributed by atoms with Crippen molar-refractivity contribution in [3.8, 4) is 0 Å². The fourth-order valence-corrected chi connectivity index (χ4v) is 1.80. The Morgan fingerprint density at radius 3 is 2.40 bits per heavy atom. The molecule has 0 aromatic rings. The van der Waals surface area contributed by atoms with E-state index in [-0.39, 0.29) is 15.6 Å². The van der Waals surface area contributed by atoms with Gasteiger partial charge in [-0.1, -0.05) is 47.8 Å². The molecule has 60 valence electrons. The molecule has 2 nitrogen and oxygen atoms in total. The Bertz CT molecular complexity index is 117. The van der Waals surface area contributed by atoms with E-state index in [9.17, 15) is 4.79 Å². The Hall–Kier alpha value is 0.910. The first-order chi connectivity index (χ1) is 4.63. The van der Waals surface area contributed by atoms with Gasteiger partial charge in [-0.2, -0.15) is 0 Å². The van der Waals surface area contributed by atoms with Gasteiger partial charge in [0.2, 0.25) is 0 Å². The van der Waals surface area contributed by atoms with Crippen LogP contribution in [0, 0.1) is 0 Å². The van der Waals surface area contributed by atoms with E-state index >= 15 is 0 Å². The van der Waals surface area contributed by atoms with Crippen LogP contribution in [0.4, 0.5) is 0 Å². The van der Waals surface area contributed by atoms with E-state index in [1.165, 1.54) is 7.11 Å². The number of carbonyl (C=O) groups is 1. The lowest BCUT2D eigenvalue weighted by atomic mass is 10.3. The fourth-order valence-electron chi connectivity index (χ4n) is 0.338. The normalized spacial score (nSPS) is 16.0. The zero-order chi connectivity index (χ0) is 8.15. The van der Waals surface area contributed by atoms with Gasteiger partial charge in [0.05, 0.1) is 7.11 Å². The van der Waals surface area contributed by atoms with Crippen molar-refractivity contribution in [2.75, 3.05) is 12.4 Å². The monoisotopic (exact) mass is 336 g/mol. The number of hydrogen-bond donors (Lipinski definition) is 0. The molecule has 0 aliphatic heterocycles. The maximum absolute atomic E-state index is 10.8. The van der Waals surface area contributed by atoms with Gasteiger partial charge < -0.3 is 4.74 Å². The Morgan fingerprint density at radius 1 is 1.60 bits per heavy atom. The highest BCUT2D eigenvalue weighted by molar-refractivity contribution is 9.13. The van der Waals surface area contributed by atoms with E-state index in [0.29, 0.717) is 5.33 Å². The summed E-state index contributed by atoms with van der Waals surface area (Å²) in [7, 11) is 1.37. The maximum atomic E-state index is 10.8. The number of hydrogen-bond acceptors (Lipinski definition) is 2. The SMILES string of the molecule is COC(=O)C(Br)C(Br)CBr. The van der Waals surface area contributed by atoms with Gasteiger partial charge >= 0.3 is 5.97 Å². The van der Waals surface area contributed by atoms with Crippen LogP contribution < -0.4 is 0 Å². The zero-order valence-corrected chi connectivity index (χ0v) is 10.1. The predicted molar refractivity (Wildman–Crippen MR) is 51.2 cm³/mol. The Labute approximate surface area is 85.1 Å². The molecule has 0 aromatic heterocycles. The second kappa shape index (κ2) is 5.55. The second-order valence-electron chi connectivity index (χ2n) is 1.60. The molecule has 0 radical (unpaired) electrons. The van der Waals surface area contributed by atoms with Gasteiger partial charge in [-0.15, -0.1) is 0 Å². The number of methoxy groups -OCH3 is 1. The first-order valence-electron chi connectivity index (χ1n) is 2.55. The van der Waals surface area contributed by atoms with Crippen molar-refractivity contribution in [2.45, 2.75) is 9.65 Å². The minimum Gasteiger partial charge on any atom is -0.468 e. The molecular formula is C5H7Br3O2. The van der Waals surface area contributed by atoms with Crippen LogP contribution in [0.1, 0.15) is 0 Å². The van der Waals surface area contributed by atoms with Crippen molar-refractivity contribution >= 4 is 53.8 Å². The van der Waals surface area contributed by atoms with E-state index in [1.807, 2.05) is 0 Å². The van der Waals surface area contributed by atoms with Gasteiger partial charge in [0.25, 0.3) is 0 Å². The van der Waals surface area contributed by atoms with Gasteiger partial charge in [-0.05, 0) is 0 Å². The van der Waals surface area contributed by atoms with Crippen molar-refractivity contribution in [3.05, 3.63) is 0 Å². The number of alkyl halides is 3. The molecule has 0 saturated carbocycles. The molecule has 0 aliphatic carbocycles. The first-order valence-corrected chi connectivity index (χ1v) is 5.50. The molecule has 0 aromatic carbocycles. The van der Waals surface area contributed by atoms with Gasteiger partial charge in [0.15, 0.2) is 0 Å². The molecular weight excluding hydrogens is 332 g/mol. The highest BCUT2D eigenvalue weighted by Gasteiger charge is 2.22. The van der Waals surface area contributed by atoms with Gasteiger partial charge in [0.1, 0.15) is 4.83 Å². The standard InChI is InChI=1S/C5H7Br3O2/c1-10-5(9)4(8)3(7)2-6/h3-4H,2H2,1H3. The molecule has 0 saturated heterocycles. The Balaban J connectivity index is 3.81. The van der Waals surface area contributed by atoms with Crippen LogP contribution in [-0.4, -0.2) is 28.1 Å². The molecule has 0 aliphatic rings. The fraction of sp³-hybridized carbons (Fsp3) is 0.800. The third-order valence-corrected chi connectivity index (χ3v) is 5.03. The predicted octanol–water partition coefficient (Wildman–Crippen LogP) is 2.08. The summed E-state index contributed by atoms with van der Waals surface area (Å²) in [4.78, 5) is 10.6. The molecule has 0 rings (SSSR count). The average molecular weight is 339 g/mol. The van der Waals surface area contributed by atoms with E-state index < -0.39 is 0 Å². The number of halogens is 3. The minimum absolute atomic E-state index is 0.0694. The van der Waals surface area contributed by atoms with Crippen molar-refractivity contribution in [1.29, 1.82) is 0 Å². The van der Waals surface area contributed by atoms with Crippen LogP contribution in [0.3, 0.4) is 0 Å². The van der Waals surface area contributed by atoms with E-state index in [4.69, 9.17) is 0 Å². The number of carbonyl (C=O) groups excluding carboxylic acids is 1. The summed E-state index contributed by atoms with van der Waals surface area (Å²) in [6, 6.07) is 0. The summed E-state index contributed by atoms with van der Waals surface area (Å²) < 4.78 is 4.50. The number of ether oxygens (including phenoxy) is 1. The van der Waals surface area contributed by atoms with Crippen LogP contribution in [0.5, 0.6) is 0 Å². The smallest absolute Gasteiger partial charge is 0.320 e. The van der Waals surface area contributed by atoms with Crippen molar-refractivity contribution < 1.29 is 9.53 Å². The van der Waals surface area contributed by atoms with Gasteiger partial charge in [0, 0.05) is 10.2 Å². The van der Waals surface area contributed by atoms with Crippen molar-refractivity contribution in [3.63, 3.8) is 0 Å². The zero-order valence-electron chi connectivity index (χ0n) is 5.31. The lowest BCUT2D eigenvalue weighted by molar-refractivity contribution is -0.139. The molecule has 5 heteroatoms. The molecule has 0 fully saturated rings. The van der Waals surface area contributed by atoms with E-state index in [0.717, 1.165) is 0 Å². The van der Waals surface area contributed by atoms with E-state index in [2.05, 4.69) is 52.5 Å². The Kier molecular flexibility index (Phi) is 6.05. The third kappa shape index (κ3) is 3.34. The largest absolute Gasteiger partial charge is 0.468 e. The summed E-state index contributed by atoms with van der Waals surface area (Å²) in [5, 5.41) is 0.706. The highest BCUT2D eigenvalue weighted by atomic mass is 79.9. The molecule has 10 heavy (non-hydrogen) atoms. The summed E-state index contributed by atoms with van der Waals surface area (Å²) in [6.45, 7) is 0. The molecule has 0 N–H and O–H groups in total. The van der Waals surface area contributed by atoms with Crippen molar-refractivity contribution in [1.82, 2.24) is 0 Å². The van der Waals surface area contributed by atoms with Crippen LogP contribution in [0.25, 0.3) is 0 Å². The lowest BCUT2D eigenvalue weighted by Crippen LogP contribution is -2.26. The summed E-state index contributed by atoms with van der Waals surface area (Å²) in [5.41, 5.74) is 0. The van der Waals surface area contributed by atoms with Crippen LogP contribution in [0.2, 0.25) is 0 Å². The number of rotatable bonds is 3. The summed E-state index contributed by atoms with van der Waals surface area (Å²) >= 11 is 9.69.